The summed E-state index contributed by atoms with van der Waals surface area (Å²) < 4.78 is 24.9. The highest BCUT2D eigenvalue weighted by atomic mass is 32.2. The van der Waals surface area contributed by atoms with E-state index in [1.165, 1.54) is 0 Å². The molecular formula is C10H12N2O3S. The lowest BCUT2D eigenvalue weighted by Gasteiger charge is -2.27. The molecule has 2 heterocycles. The SMILES string of the molecule is O=Cc1nn(C2CCC2)c2c1CS(=O)(=O)C2. The Morgan fingerprint density at radius 2 is 2.06 bits per heavy atom. The fraction of sp³-hybridized carbons (Fsp3) is 0.600. The molecule has 0 radical (unpaired) electrons. The second-order valence-electron chi connectivity index (χ2n) is 4.49. The third-order valence-corrected chi connectivity index (χ3v) is 4.84. The molecule has 86 valence electrons. The molecule has 1 aliphatic heterocycles. The van der Waals surface area contributed by atoms with Crippen LogP contribution in [0.25, 0.3) is 0 Å². The third kappa shape index (κ3) is 1.32. The Morgan fingerprint density at radius 3 is 2.62 bits per heavy atom. The zero-order valence-corrected chi connectivity index (χ0v) is 9.53. The van der Waals surface area contributed by atoms with E-state index in [1.54, 1.807) is 4.68 Å². The van der Waals surface area contributed by atoms with E-state index in [4.69, 9.17) is 0 Å². The smallest absolute Gasteiger partial charge is 0.170 e. The molecule has 1 aliphatic carbocycles. The molecule has 1 aromatic rings. The van der Waals surface area contributed by atoms with E-state index < -0.39 is 9.84 Å². The number of nitrogens with zero attached hydrogens (tertiary/aromatic N) is 2. The van der Waals surface area contributed by atoms with Crippen molar-refractivity contribution in [2.75, 3.05) is 0 Å². The Kier molecular flexibility index (Phi) is 1.98. The van der Waals surface area contributed by atoms with Crippen LogP contribution in [-0.4, -0.2) is 24.5 Å². The maximum Gasteiger partial charge on any atom is 0.170 e. The molecule has 5 nitrogen and oxygen atoms in total. The lowest BCUT2D eigenvalue weighted by Crippen LogP contribution is -2.20. The third-order valence-electron chi connectivity index (χ3n) is 3.40. The summed E-state index contributed by atoms with van der Waals surface area (Å²) >= 11 is 0. The van der Waals surface area contributed by atoms with Gasteiger partial charge in [-0.2, -0.15) is 5.10 Å². The lowest BCUT2D eigenvalue weighted by atomic mass is 9.93. The van der Waals surface area contributed by atoms with Crippen molar-refractivity contribution in [2.24, 2.45) is 0 Å². The van der Waals surface area contributed by atoms with Crippen molar-refractivity contribution in [3.63, 3.8) is 0 Å². The Balaban J connectivity index is 2.12. The number of carbonyl (C=O) groups excluding carboxylic acids is 1. The molecule has 0 spiro atoms. The van der Waals surface area contributed by atoms with Crippen LogP contribution in [0.15, 0.2) is 0 Å². The number of fused-ring (bicyclic) bond motifs is 1. The van der Waals surface area contributed by atoms with Gasteiger partial charge in [-0.1, -0.05) is 0 Å². The molecule has 2 aliphatic rings. The van der Waals surface area contributed by atoms with Crippen LogP contribution >= 0.6 is 0 Å². The van der Waals surface area contributed by atoms with Crippen LogP contribution in [0.1, 0.15) is 47.1 Å². The van der Waals surface area contributed by atoms with E-state index in [0.717, 1.165) is 25.0 Å². The molecule has 0 bridgehead atoms. The molecule has 16 heavy (non-hydrogen) atoms. The monoisotopic (exact) mass is 240 g/mol. The van der Waals surface area contributed by atoms with Gasteiger partial charge in [-0.15, -0.1) is 0 Å². The van der Waals surface area contributed by atoms with Crippen LogP contribution in [0.5, 0.6) is 0 Å². The first-order valence-electron chi connectivity index (χ1n) is 5.36. The molecule has 0 saturated heterocycles. The summed E-state index contributed by atoms with van der Waals surface area (Å²) in [4.78, 5) is 10.8. The number of hydrogen-bond acceptors (Lipinski definition) is 4. The molecule has 1 saturated carbocycles. The van der Waals surface area contributed by atoms with Gasteiger partial charge in [0.15, 0.2) is 16.1 Å². The van der Waals surface area contributed by atoms with Crippen LogP contribution in [0, 0.1) is 0 Å². The Morgan fingerprint density at radius 1 is 1.31 bits per heavy atom. The average Bonchev–Trinajstić information content (AvgIpc) is 2.58. The highest BCUT2D eigenvalue weighted by Gasteiger charge is 2.35. The van der Waals surface area contributed by atoms with Gasteiger partial charge in [-0.3, -0.25) is 9.48 Å². The predicted octanol–water partition coefficient (Wildman–Crippen LogP) is 0.849. The predicted molar refractivity (Wildman–Crippen MR) is 56.8 cm³/mol. The summed E-state index contributed by atoms with van der Waals surface area (Å²) in [6.45, 7) is 0. The van der Waals surface area contributed by atoms with E-state index in [0.29, 0.717) is 23.6 Å². The van der Waals surface area contributed by atoms with Crippen molar-refractivity contribution in [3.05, 3.63) is 17.0 Å². The van der Waals surface area contributed by atoms with Gasteiger partial charge < -0.3 is 0 Å². The second kappa shape index (κ2) is 3.16. The topological polar surface area (TPSA) is 69.0 Å². The molecule has 0 aromatic carbocycles. The van der Waals surface area contributed by atoms with E-state index in [1.807, 2.05) is 0 Å². The van der Waals surface area contributed by atoms with Gasteiger partial charge in [-0.25, -0.2) is 8.42 Å². The van der Waals surface area contributed by atoms with Gasteiger partial charge in [0.1, 0.15) is 5.69 Å². The van der Waals surface area contributed by atoms with Crippen molar-refractivity contribution >= 4 is 16.1 Å². The fourth-order valence-corrected chi connectivity index (χ4v) is 3.92. The Bertz CT molecular complexity index is 555. The van der Waals surface area contributed by atoms with Crippen LogP contribution in [0.3, 0.4) is 0 Å². The van der Waals surface area contributed by atoms with Crippen molar-refractivity contribution < 1.29 is 13.2 Å². The van der Waals surface area contributed by atoms with Gasteiger partial charge in [0.05, 0.1) is 23.2 Å². The fourth-order valence-electron chi connectivity index (χ4n) is 2.34. The highest BCUT2D eigenvalue weighted by molar-refractivity contribution is 7.90. The molecule has 3 rings (SSSR count). The standard InChI is InChI=1S/C10H12N2O3S/c13-4-9-8-5-16(14,15)6-10(8)12(11-9)7-2-1-3-7/h4,7H,1-3,5-6H2. The number of rotatable bonds is 2. The number of hydrogen-bond donors (Lipinski definition) is 0. The zero-order chi connectivity index (χ0) is 11.3. The van der Waals surface area contributed by atoms with Crippen LogP contribution in [-0.2, 0) is 21.3 Å². The largest absolute Gasteiger partial charge is 0.296 e. The quantitative estimate of drug-likeness (QED) is 0.719. The summed E-state index contributed by atoms with van der Waals surface area (Å²) in [5, 5.41) is 4.22. The zero-order valence-electron chi connectivity index (χ0n) is 8.72. The molecular weight excluding hydrogens is 228 g/mol. The first-order valence-corrected chi connectivity index (χ1v) is 7.19. The Hall–Kier alpha value is -1.17. The molecule has 0 unspecified atom stereocenters. The van der Waals surface area contributed by atoms with E-state index in [-0.39, 0.29) is 11.5 Å². The van der Waals surface area contributed by atoms with Crippen LogP contribution in [0.4, 0.5) is 0 Å². The molecule has 0 N–H and O–H groups in total. The van der Waals surface area contributed by atoms with Crippen molar-refractivity contribution in [3.8, 4) is 0 Å². The van der Waals surface area contributed by atoms with Crippen LogP contribution < -0.4 is 0 Å². The number of aromatic nitrogens is 2. The number of aldehydes is 1. The van der Waals surface area contributed by atoms with Gasteiger partial charge in [0.2, 0.25) is 0 Å². The summed E-state index contributed by atoms with van der Waals surface area (Å²) in [6.07, 6.45) is 3.89. The molecule has 0 atom stereocenters. The van der Waals surface area contributed by atoms with Gasteiger partial charge in [0, 0.05) is 5.56 Å². The molecule has 6 heteroatoms. The summed E-state index contributed by atoms with van der Waals surface area (Å²) in [5.41, 5.74) is 1.68. The first kappa shape index (κ1) is 10.0. The van der Waals surface area contributed by atoms with E-state index in [9.17, 15) is 13.2 Å². The second-order valence-corrected chi connectivity index (χ2v) is 6.55. The number of carbonyl (C=O) groups is 1. The summed E-state index contributed by atoms with van der Waals surface area (Å²) in [7, 11) is -3.05. The average molecular weight is 240 g/mol. The summed E-state index contributed by atoms with van der Waals surface area (Å²) in [5.74, 6) is 0.0167. The summed E-state index contributed by atoms with van der Waals surface area (Å²) in [6, 6.07) is 0.302. The highest BCUT2D eigenvalue weighted by Crippen LogP contribution is 2.36. The minimum atomic E-state index is -3.05. The van der Waals surface area contributed by atoms with Gasteiger partial charge >= 0.3 is 0 Å². The van der Waals surface area contributed by atoms with Crippen LogP contribution in [0.2, 0.25) is 0 Å². The molecule has 1 fully saturated rings. The first-order chi connectivity index (χ1) is 7.61. The Labute approximate surface area is 93.4 Å². The van der Waals surface area contributed by atoms with Crippen molar-refractivity contribution in [1.29, 1.82) is 0 Å². The van der Waals surface area contributed by atoms with Gasteiger partial charge in [0.25, 0.3) is 0 Å². The normalized spacial score (nSPS) is 22.8. The maximum atomic E-state index is 11.5. The van der Waals surface area contributed by atoms with E-state index in [2.05, 4.69) is 5.10 Å². The molecule has 1 aromatic heterocycles. The van der Waals surface area contributed by atoms with E-state index >= 15 is 0 Å². The minimum Gasteiger partial charge on any atom is -0.296 e. The number of sulfone groups is 1. The van der Waals surface area contributed by atoms with Gasteiger partial charge in [-0.05, 0) is 19.3 Å². The lowest BCUT2D eigenvalue weighted by molar-refractivity contribution is 0.111. The minimum absolute atomic E-state index is 0.0247. The van der Waals surface area contributed by atoms with Crippen molar-refractivity contribution in [2.45, 2.75) is 36.8 Å². The van der Waals surface area contributed by atoms with Crippen molar-refractivity contribution in [1.82, 2.24) is 9.78 Å². The molecule has 0 amide bonds. The maximum absolute atomic E-state index is 11.5.